The molecule has 2 amide bonds. The number of imide groups is 1. The van der Waals surface area contributed by atoms with E-state index in [4.69, 9.17) is 4.65 Å². The third kappa shape index (κ3) is 4.82. The van der Waals surface area contributed by atoms with Crippen LogP contribution in [0.1, 0.15) is 64.9 Å². The summed E-state index contributed by atoms with van der Waals surface area (Å²) >= 11 is 0. The van der Waals surface area contributed by atoms with Gasteiger partial charge >= 0.3 is 7.12 Å². The quantitative estimate of drug-likeness (QED) is 0.266. The zero-order chi connectivity index (χ0) is 27.0. The predicted molar refractivity (Wildman–Crippen MR) is 150 cm³/mol. The Morgan fingerprint density at radius 1 is 1.08 bits per heavy atom. The minimum atomic E-state index is -0.941. The van der Waals surface area contributed by atoms with E-state index in [1.807, 2.05) is 37.3 Å². The van der Waals surface area contributed by atoms with E-state index in [-0.39, 0.29) is 41.4 Å². The molecule has 2 aromatic carbocycles. The summed E-state index contributed by atoms with van der Waals surface area (Å²) in [5.41, 5.74) is 4.64. The molecule has 4 atom stereocenters. The Balaban J connectivity index is 1.41. The van der Waals surface area contributed by atoms with Gasteiger partial charge in [-0.1, -0.05) is 67.8 Å². The molecule has 2 N–H and O–H groups in total. The first-order chi connectivity index (χ1) is 18.3. The van der Waals surface area contributed by atoms with E-state index in [0.29, 0.717) is 25.7 Å². The summed E-state index contributed by atoms with van der Waals surface area (Å²) in [5, 5.41) is 22.8. The minimum Gasteiger partial charge on any atom is -0.507 e. The van der Waals surface area contributed by atoms with Gasteiger partial charge in [-0.3, -0.25) is 14.5 Å². The number of phenols is 1. The van der Waals surface area contributed by atoms with Crippen molar-refractivity contribution >= 4 is 35.8 Å². The molecular weight excluding hydrogens is 477 g/mol. The van der Waals surface area contributed by atoms with Crippen molar-refractivity contribution in [2.45, 2.75) is 71.7 Å². The van der Waals surface area contributed by atoms with Crippen molar-refractivity contribution in [1.29, 1.82) is 0 Å². The van der Waals surface area contributed by atoms with Gasteiger partial charge in [0.15, 0.2) is 0 Å². The topological polar surface area (TPSA) is 87.1 Å². The number of benzene rings is 2. The number of aromatic hydroxyl groups is 1. The van der Waals surface area contributed by atoms with Crippen LogP contribution in [-0.2, 0) is 14.2 Å². The van der Waals surface area contributed by atoms with Crippen LogP contribution in [0.15, 0.2) is 53.1 Å². The van der Waals surface area contributed by atoms with Gasteiger partial charge in [0.1, 0.15) is 5.75 Å². The van der Waals surface area contributed by atoms with Crippen LogP contribution < -0.4 is 0 Å². The molecule has 2 fully saturated rings. The number of amides is 2. The molecule has 5 rings (SSSR count). The van der Waals surface area contributed by atoms with Crippen LogP contribution in [0.25, 0.3) is 16.8 Å². The first-order valence-electron chi connectivity index (χ1n) is 14.1. The zero-order valence-electron chi connectivity index (χ0n) is 22.7. The summed E-state index contributed by atoms with van der Waals surface area (Å²) in [5.74, 6) is -0.664. The van der Waals surface area contributed by atoms with E-state index in [9.17, 15) is 19.7 Å². The van der Waals surface area contributed by atoms with Gasteiger partial charge in [0.2, 0.25) is 11.8 Å². The van der Waals surface area contributed by atoms with Crippen LogP contribution in [0.3, 0.4) is 0 Å². The fourth-order valence-corrected chi connectivity index (χ4v) is 6.94. The molecule has 6 nitrogen and oxygen atoms in total. The van der Waals surface area contributed by atoms with Crippen molar-refractivity contribution in [3.8, 4) is 5.75 Å². The smallest absolute Gasteiger partial charge is 0.455 e. The van der Waals surface area contributed by atoms with Gasteiger partial charge in [-0.15, -0.1) is 0 Å². The van der Waals surface area contributed by atoms with Crippen molar-refractivity contribution < 1.29 is 24.4 Å². The Kier molecular flexibility index (Phi) is 7.78. The van der Waals surface area contributed by atoms with Crippen molar-refractivity contribution in [3.05, 3.63) is 58.7 Å². The maximum Gasteiger partial charge on any atom is 0.455 e. The number of nitrogens with zero attached hydrogens (tertiary/aromatic N) is 1. The average molecular weight is 515 g/mol. The van der Waals surface area contributed by atoms with Gasteiger partial charge < -0.3 is 14.8 Å². The monoisotopic (exact) mass is 515 g/mol. The fourth-order valence-electron chi connectivity index (χ4n) is 6.94. The van der Waals surface area contributed by atoms with E-state index in [0.717, 1.165) is 42.0 Å². The summed E-state index contributed by atoms with van der Waals surface area (Å²) < 4.78 is 6.13. The molecule has 0 bridgehead atoms. The first kappa shape index (κ1) is 26.7. The van der Waals surface area contributed by atoms with E-state index in [2.05, 4.69) is 19.9 Å². The van der Waals surface area contributed by atoms with E-state index >= 15 is 0 Å². The molecule has 0 spiro atoms. The van der Waals surface area contributed by atoms with Gasteiger partial charge in [-0.05, 0) is 73.9 Å². The molecular formula is C31H38BNO5. The maximum absolute atomic E-state index is 13.4. The number of allylic oxidation sites excluding steroid dienone is 2. The predicted octanol–water partition coefficient (Wildman–Crippen LogP) is 5.74. The molecule has 1 aliphatic carbocycles. The number of carbonyl (C=O) groups is 2. The standard InChI is InChI=1S/C31H38BNO5/c1-4-8-21-17-24-29(31(36)33(15-5-2)30(24)35)25-18-32(37)38-27(28(21)25)14-11-19(3)16-20-12-13-26(34)23-10-7-6-9-22(20)23/h6-7,9-10,12-13,16,24-25,27,29,34,37H,4-5,8,11,14-15,17-18H2,1-3H3/b19-16+/t24-,25+,27-,29-/m1/s1. The van der Waals surface area contributed by atoms with Crippen molar-refractivity contribution in [2.24, 2.45) is 17.8 Å². The third-order valence-corrected chi connectivity index (χ3v) is 8.54. The summed E-state index contributed by atoms with van der Waals surface area (Å²) in [6, 6.07) is 11.5. The Morgan fingerprint density at radius 3 is 2.58 bits per heavy atom. The van der Waals surface area contributed by atoms with Crippen LogP contribution >= 0.6 is 0 Å². The fraction of sp³-hybridized carbons (Fsp3) is 0.484. The lowest BCUT2D eigenvalue weighted by molar-refractivity contribution is -0.140. The normalized spacial score (nSPS) is 25.8. The largest absolute Gasteiger partial charge is 0.507 e. The second-order valence-corrected chi connectivity index (χ2v) is 11.1. The van der Waals surface area contributed by atoms with Crippen molar-refractivity contribution in [3.63, 3.8) is 0 Å². The summed E-state index contributed by atoms with van der Waals surface area (Å²) in [7, 11) is -0.941. The number of rotatable bonds is 8. The lowest BCUT2D eigenvalue weighted by Crippen LogP contribution is -2.46. The third-order valence-electron chi connectivity index (χ3n) is 8.54. The highest BCUT2D eigenvalue weighted by Crippen LogP contribution is 2.51. The summed E-state index contributed by atoms with van der Waals surface area (Å²) in [4.78, 5) is 28.1. The van der Waals surface area contributed by atoms with Gasteiger partial charge in [0.05, 0.1) is 17.9 Å². The highest BCUT2D eigenvalue weighted by atomic mass is 16.5. The molecule has 0 saturated carbocycles. The molecule has 0 unspecified atom stereocenters. The number of phenolic OH excluding ortho intramolecular Hbond substituents is 1. The SMILES string of the molecule is CCCC1=C2[C@@H](CC/C(C)=C/c3ccc(O)c4ccccc34)OB(O)C[C@@H]2[C@@H]2C(=O)N(CCC)C(=O)[C@@H]2C1. The number of fused-ring (bicyclic) bond motifs is 4. The molecule has 0 radical (unpaired) electrons. The van der Waals surface area contributed by atoms with E-state index < -0.39 is 7.12 Å². The van der Waals surface area contributed by atoms with Crippen LogP contribution in [0.2, 0.25) is 6.32 Å². The summed E-state index contributed by atoms with van der Waals surface area (Å²) in [6.45, 7) is 6.69. The highest BCUT2D eigenvalue weighted by molar-refractivity contribution is 6.43. The van der Waals surface area contributed by atoms with Gasteiger partial charge in [0, 0.05) is 11.9 Å². The number of hydrogen-bond donors (Lipinski definition) is 2. The number of hydrogen-bond acceptors (Lipinski definition) is 5. The van der Waals surface area contributed by atoms with E-state index in [1.165, 1.54) is 21.6 Å². The lowest BCUT2D eigenvalue weighted by atomic mass is 9.58. The van der Waals surface area contributed by atoms with Crippen molar-refractivity contribution in [2.75, 3.05) is 6.54 Å². The Hall–Kier alpha value is -2.90. The number of likely N-dealkylation sites (tertiary alicyclic amines) is 1. The van der Waals surface area contributed by atoms with Gasteiger partial charge in [0.25, 0.3) is 0 Å². The molecule has 38 heavy (non-hydrogen) atoms. The van der Waals surface area contributed by atoms with Crippen LogP contribution in [0.5, 0.6) is 5.75 Å². The molecule has 2 heterocycles. The molecule has 200 valence electrons. The summed E-state index contributed by atoms with van der Waals surface area (Å²) in [6.07, 6.45) is 6.94. The molecule has 2 aromatic rings. The average Bonchev–Trinajstić information content (AvgIpc) is 3.14. The zero-order valence-corrected chi connectivity index (χ0v) is 22.7. The van der Waals surface area contributed by atoms with Gasteiger partial charge in [-0.2, -0.15) is 0 Å². The molecule has 7 heteroatoms. The van der Waals surface area contributed by atoms with Gasteiger partial charge in [-0.25, -0.2) is 0 Å². The second-order valence-electron chi connectivity index (χ2n) is 11.1. The molecule has 3 aliphatic rings. The van der Waals surface area contributed by atoms with Crippen LogP contribution in [0, 0.1) is 17.8 Å². The molecule has 0 aromatic heterocycles. The second kappa shape index (κ2) is 11.1. The maximum atomic E-state index is 13.4. The van der Waals surface area contributed by atoms with Crippen molar-refractivity contribution in [1.82, 2.24) is 4.90 Å². The lowest BCUT2D eigenvalue weighted by Gasteiger charge is -2.43. The molecule has 2 saturated heterocycles. The van der Waals surface area contributed by atoms with Crippen LogP contribution in [-0.4, -0.2) is 46.6 Å². The Morgan fingerprint density at radius 2 is 1.84 bits per heavy atom. The Labute approximate surface area is 225 Å². The minimum absolute atomic E-state index is 0.0352. The molecule has 2 aliphatic heterocycles. The van der Waals surface area contributed by atoms with E-state index in [1.54, 1.807) is 6.07 Å². The highest BCUT2D eigenvalue weighted by Gasteiger charge is 2.56. The first-order valence-corrected chi connectivity index (χ1v) is 14.1. The number of carbonyl (C=O) groups excluding carboxylic acids is 2. The van der Waals surface area contributed by atoms with Crippen LogP contribution in [0.4, 0.5) is 0 Å². The Bertz CT molecular complexity index is 1300.